The zero-order chi connectivity index (χ0) is 12.4. The molecule has 0 unspecified atom stereocenters. The third-order valence-electron chi connectivity index (χ3n) is 2.28. The number of nitrogens with zero attached hydrogens (tertiary/aromatic N) is 1. The smallest absolute Gasteiger partial charge is 0.342 e. The van der Waals surface area contributed by atoms with Gasteiger partial charge in [-0.25, -0.2) is 4.79 Å². The van der Waals surface area contributed by atoms with Crippen molar-refractivity contribution in [3.05, 3.63) is 50.7 Å². The first-order valence-corrected chi connectivity index (χ1v) is 5.59. The maximum absolute atomic E-state index is 11.0. The molecule has 0 radical (unpaired) electrons. The summed E-state index contributed by atoms with van der Waals surface area (Å²) in [6.45, 7) is 0. The number of carbonyl (C=O) groups is 1. The highest BCUT2D eigenvalue weighted by atomic mass is 32.1. The second-order valence-electron chi connectivity index (χ2n) is 3.28. The molecular weight excluding hydrogens is 242 g/mol. The van der Waals surface area contributed by atoms with Crippen molar-refractivity contribution in [2.45, 2.75) is 0 Å². The molecule has 6 heteroatoms. The highest BCUT2D eigenvalue weighted by molar-refractivity contribution is 7.08. The Hall–Kier alpha value is -2.21. The van der Waals surface area contributed by atoms with Crippen LogP contribution in [0.2, 0.25) is 0 Å². The number of benzene rings is 1. The van der Waals surface area contributed by atoms with Crippen LogP contribution in [0.3, 0.4) is 0 Å². The molecule has 0 aliphatic heterocycles. The van der Waals surface area contributed by atoms with E-state index in [1.807, 2.05) is 0 Å². The van der Waals surface area contributed by atoms with Gasteiger partial charge in [-0.1, -0.05) is 6.07 Å². The Morgan fingerprint density at radius 3 is 2.65 bits per heavy atom. The van der Waals surface area contributed by atoms with E-state index in [2.05, 4.69) is 0 Å². The van der Waals surface area contributed by atoms with E-state index in [1.165, 1.54) is 23.5 Å². The number of rotatable bonds is 3. The summed E-state index contributed by atoms with van der Waals surface area (Å²) in [5.74, 6) is -1.30. The average molecular weight is 249 g/mol. The molecule has 0 aliphatic carbocycles. The fraction of sp³-hybridized carbons (Fsp3) is 0. The van der Waals surface area contributed by atoms with Crippen LogP contribution in [0.1, 0.15) is 10.4 Å². The van der Waals surface area contributed by atoms with Crippen LogP contribution in [0.25, 0.3) is 11.1 Å². The van der Waals surface area contributed by atoms with Crippen molar-refractivity contribution >= 4 is 23.0 Å². The molecule has 2 aromatic rings. The molecule has 0 atom stereocenters. The molecule has 1 N–H and O–H groups in total. The molecule has 17 heavy (non-hydrogen) atoms. The van der Waals surface area contributed by atoms with Gasteiger partial charge in [0.25, 0.3) is 5.69 Å². The van der Waals surface area contributed by atoms with Crippen LogP contribution in [-0.2, 0) is 0 Å². The van der Waals surface area contributed by atoms with Crippen LogP contribution in [0.5, 0.6) is 0 Å². The Morgan fingerprint density at radius 1 is 1.35 bits per heavy atom. The lowest BCUT2D eigenvalue weighted by atomic mass is 10.0. The molecule has 1 aromatic carbocycles. The summed E-state index contributed by atoms with van der Waals surface area (Å²) in [6, 6.07) is 6.01. The van der Waals surface area contributed by atoms with Crippen molar-refractivity contribution < 1.29 is 14.8 Å². The van der Waals surface area contributed by atoms with Gasteiger partial charge < -0.3 is 5.11 Å². The van der Waals surface area contributed by atoms with E-state index in [-0.39, 0.29) is 11.3 Å². The second kappa shape index (κ2) is 4.34. The van der Waals surface area contributed by atoms with Crippen LogP contribution in [-0.4, -0.2) is 16.0 Å². The molecular formula is C11H7NO4S. The summed E-state index contributed by atoms with van der Waals surface area (Å²) in [6.07, 6.45) is 0. The molecule has 0 saturated carbocycles. The van der Waals surface area contributed by atoms with E-state index in [4.69, 9.17) is 5.11 Å². The van der Waals surface area contributed by atoms with Gasteiger partial charge in [0.15, 0.2) is 0 Å². The minimum atomic E-state index is -1.30. The van der Waals surface area contributed by atoms with E-state index in [0.29, 0.717) is 11.1 Å². The quantitative estimate of drug-likeness (QED) is 0.669. The van der Waals surface area contributed by atoms with Crippen LogP contribution in [0.4, 0.5) is 5.69 Å². The van der Waals surface area contributed by atoms with Crippen LogP contribution in [0.15, 0.2) is 35.0 Å². The summed E-state index contributed by atoms with van der Waals surface area (Å²) in [7, 11) is 0. The van der Waals surface area contributed by atoms with Crippen molar-refractivity contribution in [2.24, 2.45) is 0 Å². The predicted octanol–water partition coefficient (Wildman–Crippen LogP) is 3.02. The van der Waals surface area contributed by atoms with Gasteiger partial charge in [0.1, 0.15) is 5.56 Å². The van der Waals surface area contributed by atoms with Crippen LogP contribution in [0, 0.1) is 10.1 Å². The molecule has 2 rings (SSSR count). The Labute approximate surface area is 100 Å². The molecule has 5 nitrogen and oxygen atoms in total. The first-order chi connectivity index (χ1) is 8.11. The topological polar surface area (TPSA) is 80.4 Å². The minimum Gasteiger partial charge on any atom is -0.477 e. The van der Waals surface area contributed by atoms with Gasteiger partial charge in [0, 0.05) is 0 Å². The van der Waals surface area contributed by atoms with E-state index in [0.717, 1.165) is 0 Å². The molecule has 86 valence electrons. The number of nitro benzene ring substituents is 1. The Kier molecular flexibility index (Phi) is 2.88. The number of aromatic carboxylic acids is 1. The maximum atomic E-state index is 11.0. The van der Waals surface area contributed by atoms with Crippen molar-refractivity contribution in [1.29, 1.82) is 0 Å². The maximum Gasteiger partial charge on any atom is 0.342 e. The lowest BCUT2D eigenvalue weighted by Crippen LogP contribution is -2.03. The summed E-state index contributed by atoms with van der Waals surface area (Å²) in [5.41, 5.74) is 0.332. The number of carboxylic acids is 1. The molecule has 0 amide bonds. The molecule has 1 heterocycles. The zero-order valence-corrected chi connectivity index (χ0v) is 9.31. The minimum absolute atomic E-state index is 0.293. The van der Waals surface area contributed by atoms with Gasteiger partial charge >= 0.3 is 5.97 Å². The van der Waals surface area contributed by atoms with Gasteiger partial charge in [0.2, 0.25) is 0 Å². The highest BCUT2D eigenvalue weighted by Crippen LogP contribution is 2.33. The summed E-state index contributed by atoms with van der Waals surface area (Å²) in [5, 5.41) is 23.5. The van der Waals surface area contributed by atoms with E-state index >= 15 is 0 Å². The fourth-order valence-electron chi connectivity index (χ4n) is 1.56. The van der Waals surface area contributed by atoms with Crippen molar-refractivity contribution in [1.82, 2.24) is 0 Å². The normalized spacial score (nSPS) is 10.1. The van der Waals surface area contributed by atoms with E-state index in [1.54, 1.807) is 22.9 Å². The number of hydrogen-bond acceptors (Lipinski definition) is 4. The summed E-state index contributed by atoms with van der Waals surface area (Å²) in [4.78, 5) is 21.3. The molecule has 0 saturated heterocycles. The van der Waals surface area contributed by atoms with Gasteiger partial charge in [0.05, 0.1) is 10.5 Å². The molecule has 0 bridgehead atoms. The van der Waals surface area contributed by atoms with E-state index < -0.39 is 10.9 Å². The predicted molar refractivity (Wildman–Crippen MR) is 63.4 cm³/mol. The third-order valence-corrected chi connectivity index (χ3v) is 2.96. The van der Waals surface area contributed by atoms with Crippen molar-refractivity contribution in [3.8, 4) is 11.1 Å². The standard InChI is InChI=1S/C11H7NO4S/c13-11(14)9-3-1-2-8(10(9)12(15)16)7-4-5-17-6-7/h1-6H,(H,13,14). The van der Waals surface area contributed by atoms with Gasteiger partial charge in [-0.2, -0.15) is 11.3 Å². The Morgan fingerprint density at radius 2 is 2.12 bits per heavy atom. The number of thiophene rings is 1. The Bertz CT molecular complexity index is 577. The Balaban J connectivity index is 2.72. The highest BCUT2D eigenvalue weighted by Gasteiger charge is 2.24. The number of para-hydroxylation sites is 1. The fourth-order valence-corrected chi connectivity index (χ4v) is 2.22. The number of carboxylic acid groups (broad SMARTS) is 1. The lowest BCUT2D eigenvalue weighted by molar-refractivity contribution is -0.384. The molecule has 0 aliphatic rings. The second-order valence-corrected chi connectivity index (χ2v) is 4.06. The average Bonchev–Trinajstić information content (AvgIpc) is 2.81. The summed E-state index contributed by atoms with van der Waals surface area (Å²) >= 11 is 1.40. The van der Waals surface area contributed by atoms with Gasteiger partial charge in [-0.3, -0.25) is 10.1 Å². The molecule has 1 aromatic heterocycles. The molecule has 0 spiro atoms. The lowest BCUT2D eigenvalue weighted by Gasteiger charge is -2.03. The van der Waals surface area contributed by atoms with Crippen LogP contribution >= 0.6 is 11.3 Å². The third kappa shape index (κ3) is 2.02. The number of hydrogen-bond donors (Lipinski definition) is 1. The first kappa shape index (κ1) is 11.3. The SMILES string of the molecule is O=C(O)c1cccc(-c2ccsc2)c1[N+](=O)[O-]. The van der Waals surface area contributed by atoms with Gasteiger partial charge in [-0.15, -0.1) is 0 Å². The molecule has 0 fully saturated rings. The largest absolute Gasteiger partial charge is 0.477 e. The van der Waals surface area contributed by atoms with Crippen molar-refractivity contribution in [2.75, 3.05) is 0 Å². The van der Waals surface area contributed by atoms with E-state index in [9.17, 15) is 14.9 Å². The van der Waals surface area contributed by atoms with Gasteiger partial charge in [-0.05, 0) is 34.5 Å². The summed E-state index contributed by atoms with van der Waals surface area (Å²) < 4.78 is 0. The monoisotopic (exact) mass is 249 g/mol. The first-order valence-electron chi connectivity index (χ1n) is 4.64. The number of nitro groups is 1. The van der Waals surface area contributed by atoms with Crippen molar-refractivity contribution in [3.63, 3.8) is 0 Å². The zero-order valence-electron chi connectivity index (χ0n) is 8.49. The van der Waals surface area contributed by atoms with Crippen LogP contribution < -0.4 is 0 Å².